The van der Waals surface area contributed by atoms with Gasteiger partial charge in [0, 0.05) is 39.3 Å². The molecule has 2 fully saturated rings. The summed E-state index contributed by atoms with van der Waals surface area (Å²) in [5.41, 5.74) is 0.400. The summed E-state index contributed by atoms with van der Waals surface area (Å²) < 4.78 is 5.02. The molecule has 2 aliphatic rings. The zero-order valence-corrected chi connectivity index (χ0v) is 15.3. The van der Waals surface area contributed by atoms with Crippen LogP contribution in [0.3, 0.4) is 0 Å². The number of anilines is 2. The van der Waals surface area contributed by atoms with Crippen molar-refractivity contribution < 1.29 is 9.53 Å². The fourth-order valence-electron chi connectivity index (χ4n) is 4.13. The molecule has 0 radical (unpaired) electrons. The van der Waals surface area contributed by atoms with Gasteiger partial charge in [-0.2, -0.15) is 0 Å². The van der Waals surface area contributed by atoms with Gasteiger partial charge in [0.15, 0.2) is 0 Å². The van der Waals surface area contributed by atoms with Crippen LogP contribution in [0.4, 0.5) is 16.2 Å². The van der Waals surface area contributed by atoms with E-state index in [2.05, 4.69) is 18.7 Å². The van der Waals surface area contributed by atoms with Crippen LogP contribution in [-0.2, 0) is 4.74 Å². The minimum absolute atomic E-state index is 0.314. The average Bonchev–Trinajstić information content (AvgIpc) is 2.58. The second kappa shape index (κ2) is 7.06. The first-order valence-corrected chi connectivity index (χ1v) is 9.17. The van der Waals surface area contributed by atoms with Gasteiger partial charge < -0.3 is 19.4 Å². The van der Waals surface area contributed by atoms with Gasteiger partial charge in [-0.15, -0.1) is 0 Å². The van der Waals surface area contributed by atoms with Gasteiger partial charge in [0.05, 0.1) is 6.61 Å². The van der Waals surface area contributed by atoms with E-state index < -0.39 is 0 Å². The molecule has 2 atom stereocenters. The van der Waals surface area contributed by atoms with Crippen molar-refractivity contribution in [3.63, 3.8) is 0 Å². The van der Waals surface area contributed by atoms with Crippen molar-refractivity contribution in [2.24, 2.45) is 11.8 Å². The molecule has 2 heterocycles. The number of hydrogen-bond acceptors (Lipinski definition) is 6. The van der Waals surface area contributed by atoms with Gasteiger partial charge in [-0.1, -0.05) is 13.8 Å². The third-order valence-electron chi connectivity index (χ3n) is 5.17. The molecular weight excluding hydrogens is 322 g/mol. The molecule has 0 aliphatic carbocycles. The van der Waals surface area contributed by atoms with Crippen LogP contribution in [0.1, 0.15) is 27.2 Å². The first kappa shape index (κ1) is 17.8. The van der Waals surface area contributed by atoms with E-state index in [0.29, 0.717) is 56.0 Å². The van der Waals surface area contributed by atoms with Gasteiger partial charge in [-0.05, 0) is 25.2 Å². The molecule has 7 nitrogen and oxygen atoms in total. The lowest BCUT2D eigenvalue weighted by Gasteiger charge is -2.41. The molecule has 2 aliphatic heterocycles. The molecule has 1 aromatic rings. The SMILES string of the molecule is CCOC(=O)N1CCN(c2c(N3CC(C)CC(C)C3)c(=O)c2=O)CC1. The Hall–Kier alpha value is -2.05. The fourth-order valence-corrected chi connectivity index (χ4v) is 4.13. The van der Waals surface area contributed by atoms with Crippen LogP contribution in [0.15, 0.2) is 9.59 Å². The number of rotatable bonds is 3. The molecule has 25 heavy (non-hydrogen) atoms. The monoisotopic (exact) mass is 349 g/mol. The van der Waals surface area contributed by atoms with Crippen LogP contribution in [0, 0.1) is 11.8 Å². The number of piperidine rings is 1. The van der Waals surface area contributed by atoms with Gasteiger partial charge in [-0.3, -0.25) is 9.59 Å². The molecule has 3 rings (SSSR count). The van der Waals surface area contributed by atoms with Gasteiger partial charge in [0.2, 0.25) is 0 Å². The van der Waals surface area contributed by atoms with E-state index in [9.17, 15) is 14.4 Å². The maximum absolute atomic E-state index is 12.2. The number of ether oxygens (including phenoxy) is 1. The molecule has 2 unspecified atom stereocenters. The highest BCUT2D eigenvalue weighted by Crippen LogP contribution is 2.31. The lowest BCUT2D eigenvalue weighted by atomic mass is 9.91. The maximum atomic E-state index is 12.2. The van der Waals surface area contributed by atoms with Gasteiger partial charge in [-0.25, -0.2) is 4.79 Å². The van der Waals surface area contributed by atoms with E-state index in [1.54, 1.807) is 11.8 Å². The minimum atomic E-state index is -0.384. The summed E-state index contributed by atoms with van der Waals surface area (Å²) in [5.74, 6) is 1.03. The van der Waals surface area contributed by atoms with E-state index in [1.807, 2.05) is 4.90 Å². The van der Waals surface area contributed by atoms with Crippen LogP contribution in [0.25, 0.3) is 0 Å². The Labute approximate surface area is 147 Å². The Morgan fingerprint density at radius 1 is 0.960 bits per heavy atom. The van der Waals surface area contributed by atoms with E-state index >= 15 is 0 Å². The summed E-state index contributed by atoms with van der Waals surface area (Å²) in [4.78, 5) is 41.9. The van der Waals surface area contributed by atoms with Crippen LogP contribution in [0.5, 0.6) is 0 Å². The van der Waals surface area contributed by atoms with Crippen LogP contribution >= 0.6 is 0 Å². The van der Waals surface area contributed by atoms with E-state index in [-0.39, 0.29) is 17.0 Å². The lowest BCUT2D eigenvalue weighted by Crippen LogP contribution is -2.55. The maximum Gasteiger partial charge on any atom is 0.409 e. The Bertz CT molecular complexity index is 692. The zero-order valence-electron chi connectivity index (χ0n) is 15.3. The molecule has 7 heteroatoms. The first-order chi connectivity index (χ1) is 11.9. The van der Waals surface area contributed by atoms with E-state index in [1.165, 1.54) is 0 Å². The van der Waals surface area contributed by atoms with Crippen molar-refractivity contribution in [2.75, 3.05) is 55.7 Å². The number of nitrogens with zero attached hydrogens (tertiary/aromatic N) is 3. The largest absolute Gasteiger partial charge is 0.450 e. The standard InChI is InChI=1S/C18H27N3O4/c1-4-25-18(24)20-7-5-19(6-8-20)14-15(17(23)16(14)22)21-10-12(2)9-13(3)11-21/h12-13H,4-11H2,1-3H3. The summed E-state index contributed by atoms with van der Waals surface area (Å²) >= 11 is 0. The predicted molar refractivity (Wildman–Crippen MR) is 97.3 cm³/mol. The number of amides is 1. The Morgan fingerprint density at radius 2 is 1.48 bits per heavy atom. The van der Waals surface area contributed by atoms with Crippen molar-refractivity contribution in [1.29, 1.82) is 0 Å². The quantitative estimate of drug-likeness (QED) is 0.760. The van der Waals surface area contributed by atoms with Crippen molar-refractivity contribution in [2.45, 2.75) is 27.2 Å². The molecule has 0 bridgehead atoms. The van der Waals surface area contributed by atoms with E-state index in [0.717, 1.165) is 19.5 Å². The summed E-state index contributed by atoms with van der Waals surface area (Å²) in [6.45, 7) is 10.3. The highest BCUT2D eigenvalue weighted by atomic mass is 16.6. The third-order valence-corrected chi connectivity index (χ3v) is 5.17. The number of hydrogen-bond donors (Lipinski definition) is 0. The van der Waals surface area contributed by atoms with Crippen molar-refractivity contribution in [3.8, 4) is 0 Å². The smallest absolute Gasteiger partial charge is 0.409 e. The fraction of sp³-hybridized carbons (Fsp3) is 0.722. The molecule has 1 aromatic carbocycles. The van der Waals surface area contributed by atoms with Gasteiger partial charge >= 0.3 is 6.09 Å². The van der Waals surface area contributed by atoms with Crippen LogP contribution in [0.2, 0.25) is 0 Å². The Balaban J connectivity index is 1.72. The summed E-state index contributed by atoms with van der Waals surface area (Å²) in [6, 6.07) is 0. The number of carbonyl (C=O) groups excluding carboxylic acids is 1. The summed E-state index contributed by atoms with van der Waals surface area (Å²) in [7, 11) is 0. The molecule has 0 N–H and O–H groups in total. The van der Waals surface area contributed by atoms with Crippen LogP contribution in [-0.4, -0.2) is 56.9 Å². The molecule has 0 saturated carbocycles. The van der Waals surface area contributed by atoms with E-state index in [4.69, 9.17) is 4.74 Å². The number of carbonyl (C=O) groups is 1. The predicted octanol–water partition coefficient (Wildman–Crippen LogP) is 1.04. The van der Waals surface area contributed by atoms with Crippen LogP contribution < -0.4 is 20.7 Å². The Kier molecular flexibility index (Phi) is 5.01. The highest BCUT2D eigenvalue weighted by molar-refractivity contribution is 5.77. The second-order valence-corrected chi connectivity index (χ2v) is 7.38. The topological polar surface area (TPSA) is 70.2 Å². The molecule has 138 valence electrons. The third kappa shape index (κ3) is 3.37. The number of piperazine rings is 1. The lowest BCUT2D eigenvalue weighted by molar-refractivity contribution is 0.105. The summed E-state index contributed by atoms with van der Waals surface area (Å²) in [6.07, 6.45) is 0.838. The zero-order chi connectivity index (χ0) is 18.1. The minimum Gasteiger partial charge on any atom is -0.450 e. The molecular formula is C18H27N3O4. The molecule has 1 amide bonds. The second-order valence-electron chi connectivity index (χ2n) is 7.38. The molecule has 2 saturated heterocycles. The summed E-state index contributed by atoms with van der Waals surface area (Å²) in [5, 5.41) is 0. The van der Waals surface area contributed by atoms with Crippen molar-refractivity contribution >= 4 is 17.5 Å². The van der Waals surface area contributed by atoms with Gasteiger partial charge in [0.25, 0.3) is 10.9 Å². The average molecular weight is 349 g/mol. The Morgan fingerprint density at radius 3 is 2.00 bits per heavy atom. The molecule has 0 aromatic heterocycles. The van der Waals surface area contributed by atoms with Crippen molar-refractivity contribution in [3.05, 3.63) is 20.4 Å². The first-order valence-electron chi connectivity index (χ1n) is 9.17. The molecule has 0 spiro atoms. The van der Waals surface area contributed by atoms with Gasteiger partial charge in [0.1, 0.15) is 11.4 Å². The highest BCUT2D eigenvalue weighted by Gasteiger charge is 2.35. The van der Waals surface area contributed by atoms with Crippen molar-refractivity contribution in [1.82, 2.24) is 4.90 Å². The normalized spacial score (nSPS) is 24.7.